The summed E-state index contributed by atoms with van der Waals surface area (Å²) in [6.45, 7) is 2.29. The second kappa shape index (κ2) is 6.64. The number of pyridine rings is 1. The second-order valence-corrected chi connectivity index (χ2v) is 6.55. The Morgan fingerprint density at radius 2 is 2.12 bits per heavy atom. The highest BCUT2D eigenvalue weighted by Crippen LogP contribution is 2.41. The molecular weight excluding hydrogens is 314 g/mol. The van der Waals surface area contributed by atoms with Crippen molar-refractivity contribution in [3.63, 3.8) is 0 Å². The maximum Gasteiger partial charge on any atom is 0.240 e. The molecule has 4 rings (SSSR count). The molecule has 0 saturated heterocycles. The van der Waals surface area contributed by atoms with Gasteiger partial charge in [0.25, 0.3) is 0 Å². The van der Waals surface area contributed by atoms with Crippen LogP contribution in [0.5, 0.6) is 0 Å². The number of nitrogens with zero attached hydrogens (tertiary/aromatic N) is 2. The maximum absolute atomic E-state index is 12.3. The van der Waals surface area contributed by atoms with Crippen LogP contribution in [0.2, 0.25) is 0 Å². The number of benzene rings is 1. The van der Waals surface area contributed by atoms with E-state index >= 15 is 0 Å². The summed E-state index contributed by atoms with van der Waals surface area (Å²) >= 11 is 0. The molecule has 3 aromatic rings. The lowest BCUT2D eigenvalue weighted by Gasteiger charge is -2.19. The molecule has 0 aliphatic heterocycles. The number of rotatable bonds is 6. The van der Waals surface area contributed by atoms with Gasteiger partial charge in [0.05, 0.1) is 29.3 Å². The Labute approximate surface area is 146 Å². The van der Waals surface area contributed by atoms with E-state index in [4.69, 9.17) is 0 Å². The molecule has 0 spiro atoms. The molecule has 0 bridgehead atoms. The lowest BCUT2D eigenvalue weighted by Crippen LogP contribution is -2.33. The fourth-order valence-electron chi connectivity index (χ4n) is 3.13. The zero-order valence-corrected chi connectivity index (χ0v) is 14.1. The number of carbonyl (C=O) groups excluding carboxylic acids is 1. The Kier molecular flexibility index (Phi) is 4.19. The monoisotopic (exact) mass is 335 g/mol. The van der Waals surface area contributed by atoms with Gasteiger partial charge in [0.2, 0.25) is 11.9 Å². The molecule has 1 aliphatic carbocycles. The standard InChI is InChI=1S/C19H21N5O/c1-12-5-4-10-20-17(12)18(13-8-9-13)21-11-16(25)24-19-22-14-6-2-3-7-15(14)23-19/h2-7,10,13,18,21H,8-9,11H2,1H3,(H2,22,23,24,25)/t18-/m1/s1. The first kappa shape index (κ1) is 15.8. The highest BCUT2D eigenvalue weighted by molar-refractivity contribution is 5.92. The smallest absolute Gasteiger partial charge is 0.240 e. The number of aromatic amines is 1. The van der Waals surface area contributed by atoms with Crippen molar-refractivity contribution in [1.82, 2.24) is 20.3 Å². The van der Waals surface area contributed by atoms with Gasteiger partial charge in [-0.2, -0.15) is 0 Å². The minimum Gasteiger partial charge on any atom is -0.324 e. The Bertz CT molecular complexity index is 866. The number of carbonyl (C=O) groups is 1. The molecule has 2 aromatic heterocycles. The van der Waals surface area contributed by atoms with Gasteiger partial charge in [0.1, 0.15) is 0 Å². The van der Waals surface area contributed by atoms with E-state index < -0.39 is 0 Å². The number of hydrogen-bond donors (Lipinski definition) is 3. The third kappa shape index (κ3) is 3.53. The van der Waals surface area contributed by atoms with Crippen LogP contribution < -0.4 is 10.6 Å². The number of amides is 1. The van der Waals surface area contributed by atoms with Crippen molar-refractivity contribution in [2.75, 3.05) is 11.9 Å². The summed E-state index contributed by atoms with van der Waals surface area (Å²) in [5.74, 6) is 0.927. The SMILES string of the molecule is Cc1cccnc1[C@H](NCC(=O)Nc1nc2ccccc2[nH]1)C1CC1. The highest BCUT2D eigenvalue weighted by atomic mass is 16.2. The van der Waals surface area contributed by atoms with Crippen molar-refractivity contribution < 1.29 is 4.79 Å². The van der Waals surface area contributed by atoms with E-state index in [9.17, 15) is 4.79 Å². The van der Waals surface area contributed by atoms with Crippen molar-refractivity contribution >= 4 is 22.9 Å². The zero-order chi connectivity index (χ0) is 17.2. The normalized spacial score (nSPS) is 15.2. The number of aryl methyl sites for hydroxylation is 1. The van der Waals surface area contributed by atoms with Gasteiger partial charge in [-0.1, -0.05) is 18.2 Å². The first-order valence-corrected chi connectivity index (χ1v) is 8.60. The van der Waals surface area contributed by atoms with Gasteiger partial charge in [-0.15, -0.1) is 0 Å². The topological polar surface area (TPSA) is 82.7 Å². The van der Waals surface area contributed by atoms with Gasteiger partial charge >= 0.3 is 0 Å². The molecule has 25 heavy (non-hydrogen) atoms. The van der Waals surface area contributed by atoms with Crippen LogP contribution >= 0.6 is 0 Å². The Hall–Kier alpha value is -2.73. The Morgan fingerprint density at radius 3 is 2.88 bits per heavy atom. The number of imidazole rings is 1. The van der Waals surface area contributed by atoms with Crippen molar-refractivity contribution in [2.45, 2.75) is 25.8 Å². The van der Waals surface area contributed by atoms with Gasteiger partial charge in [-0.25, -0.2) is 4.98 Å². The summed E-state index contributed by atoms with van der Waals surface area (Å²) in [6, 6.07) is 11.8. The van der Waals surface area contributed by atoms with E-state index in [0.717, 1.165) is 22.3 Å². The maximum atomic E-state index is 12.3. The molecule has 1 aromatic carbocycles. The third-order valence-corrected chi connectivity index (χ3v) is 4.57. The fourth-order valence-corrected chi connectivity index (χ4v) is 3.13. The molecule has 128 valence electrons. The van der Waals surface area contributed by atoms with Crippen LogP contribution in [0, 0.1) is 12.8 Å². The quantitative estimate of drug-likeness (QED) is 0.647. The Balaban J connectivity index is 1.41. The average Bonchev–Trinajstić information content (AvgIpc) is 3.36. The first-order valence-electron chi connectivity index (χ1n) is 8.60. The van der Waals surface area contributed by atoms with Gasteiger partial charge in [-0.05, 0) is 49.4 Å². The van der Waals surface area contributed by atoms with E-state index in [1.54, 1.807) is 0 Å². The van der Waals surface area contributed by atoms with Gasteiger partial charge < -0.3 is 4.98 Å². The largest absolute Gasteiger partial charge is 0.324 e. The minimum absolute atomic E-state index is 0.113. The predicted octanol–water partition coefficient (Wildman–Crippen LogP) is 2.95. The van der Waals surface area contributed by atoms with Gasteiger partial charge in [-0.3, -0.25) is 20.4 Å². The van der Waals surface area contributed by atoms with Crippen LogP contribution in [0.1, 0.15) is 30.1 Å². The minimum atomic E-state index is -0.113. The number of nitrogens with one attached hydrogen (secondary N) is 3. The van der Waals surface area contributed by atoms with Crippen LogP contribution in [0.25, 0.3) is 11.0 Å². The van der Waals surface area contributed by atoms with Crippen molar-refractivity contribution in [1.29, 1.82) is 0 Å². The molecule has 3 N–H and O–H groups in total. The molecule has 1 saturated carbocycles. The van der Waals surface area contributed by atoms with Gasteiger partial charge in [0, 0.05) is 6.20 Å². The number of anilines is 1. The summed E-state index contributed by atoms with van der Waals surface area (Å²) in [7, 11) is 0. The summed E-state index contributed by atoms with van der Waals surface area (Å²) in [4.78, 5) is 24.3. The van der Waals surface area contributed by atoms with Crippen LogP contribution in [0.3, 0.4) is 0 Å². The number of fused-ring (bicyclic) bond motifs is 1. The summed E-state index contributed by atoms with van der Waals surface area (Å²) in [6.07, 6.45) is 4.17. The zero-order valence-electron chi connectivity index (χ0n) is 14.1. The van der Waals surface area contributed by atoms with Crippen LogP contribution in [-0.4, -0.2) is 27.4 Å². The predicted molar refractivity (Wildman–Crippen MR) is 97.2 cm³/mol. The molecule has 2 heterocycles. The molecular formula is C19H21N5O. The van der Waals surface area contributed by atoms with Crippen molar-refractivity contribution in [3.05, 3.63) is 53.9 Å². The highest BCUT2D eigenvalue weighted by Gasteiger charge is 2.34. The van der Waals surface area contributed by atoms with Gasteiger partial charge in [0.15, 0.2) is 0 Å². The molecule has 0 radical (unpaired) electrons. The van der Waals surface area contributed by atoms with Crippen LogP contribution in [-0.2, 0) is 4.79 Å². The molecule has 1 fully saturated rings. The van der Waals surface area contributed by atoms with E-state index in [1.807, 2.05) is 36.5 Å². The second-order valence-electron chi connectivity index (χ2n) is 6.55. The summed E-state index contributed by atoms with van der Waals surface area (Å²) in [5.41, 5.74) is 3.95. The van der Waals surface area contributed by atoms with E-state index in [-0.39, 0.29) is 18.5 Å². The molecule has 6 heteroatoms. The molecule has 0 unspecified atom stereocenters. The summed E-state index contributed by atoms with van der Waals surface area (Å²) in [5, 5.41) is 6.20. The fraction of sp³-hybridized carbons (Fsp3) is 0.316. The molecule has 1 amide bonds. The average molecular weight is 335 g/mol. The molecule has 1 atom stereocenters. The van der Waals surface area contributed by atoms with E-state index in [1.165, 1.54) is 12.8 Å². The Morgan fingerprint density at radius 1 is 1.28 bits per heavy atom. The lowest BCUT2D eigenvalue weighted by molar-refractivity contribution is -0.115. The molecule has 6 nitrogen and oxygen atoms in total. The van der Waals surface area contributed by atoms with Crippen LogP contribution in [0.15, 0.2) is 42.6 Å². The number of hydrogen-bond acceptors (Lipinski definition) is 4. The van der Waals surface area contributed by atoms with Crippen molar-refractivity contribution in [2.24, 2.45) is 5.92 Å². The van der Waals surface area contributed by atoms with E-state index in [2.05, 4.69) is 38.6 Å². The number of para-hydroxylation sites is 2. The van der Waals surface area contributed by atoms with E-state index in [0.29, 0.717) is 11.9 Å². The van der Waals surface area contributed by atoms with Crippen molar-refractivity contribution in [3.8, 4) is 0 Å². The number of H-pyrrole nitrogens is 1. The molecule has 1 aliphatic rings. The van der Waals surface area contributed by atoms with Crippen LogP contribution in [0.4, 0.5) is 5.95 Å². The summed E-state index contributed by atoms with van der Waals surface area (Å²) < 4.78 is 0. The lowest BCUT2D eigenvalue weighted by atomic mass is 10.0. The third-order valence-electron chi connectivity index (χ3n) is 4.57. The number of aromatic nitrogens is 3. The first-order chi connectivity index (χ1) is 12.2.